The average molecular weight is 413 g/mol. The Hall–Kier alpha value is -1.56. The van der Waals surface area contributed by atoms with E-state index in [0.717, 1.165) is 55.9 Å². The molecule has 2 aromatic rings. The van der Waals surface area contributed by atoms with Gasteiger partial charge >= 0.3 is 6.18 Å². The van der Waals surface area contributed by atoms with E-state index in [1.165, 1.54) is 5.56 Å². The highest BCUT2D eigenvalue weighted by molar-refractivity contribution is 5.85. The van der Waals surface area contributed by atoms with E-state index in [-0.39, 0.29) is 12.4 Å². The van der Waals surface area contributed by atoms with Gasteiger partial charge in [-0.3, -0.25) is 4.90 Å². The van der Waals surface area contributed by atoms with Gasteiger partial charge < -0.3 is 5.32 Å². The zero-order chi connectivity index (χ0) is 19.4. The molecule has 0 saturated carbocycles. The lowest BCUT2D eigenvalue weighted by atomic mass is 9.93. The van der Waals surface area contributed by atoms with E-state index in [1.807, 2.05) is 12.1 Å². The van der Waals surface area contributed by atoms with Gasteiger partial charge in [-0.05, 0) is 41.2 Å². The van der Waals surface area contributed by atoms with Crippen LogP contribution in [0.2, 0.25) is 0 Å². The molecular weight excluding hydrogens is 385 g/mol. The number of halogens is 4. The monoisotopic (exact) mass is 412 g/mol. The molecule has 0 radical (unpaired) electrons. The standard InChI is InChI=1S/C22H27F3N2.ClH/c1-16(2)15-21(27-13-11-26-12-14-27)19-5-3-17(4-6-19)18-7-9-20(10-8-18)22(23,24)25;/h3-10,16,21,26H,11-15H2,1-2H3;1H/t21-;/m1./s1. The first-order valence-electron chi connectivity index (χ1n) is 9.57. The molecule has 1 fully saturated rings. The van der Waals surface area contributed by atoms with E-state index < -0.39 is 11.7 Å². The molecule has 1 heterocycles. The Kier molecular flexibility index (Phi) is 7.93. The van der Waals surface area contributed by atoms with Gasteiger partial charge in [0.2, 0.25) is 0 Å². The number of nitrogens with zero attached hydrogens (tertiary/aromatic N) is 1. The van der Waals surface area contributed by atoms with Crippen molar-refractivity contribution in [1.29, 1.82) is 0 Å². The molecule has 0 aliphatic carbocycles. The zero-order valence-electron chi connectivity index (χ0n) is 16.3. The third-order valence-electron chi connectivity index (χ3n) is 5.13. The number of piperazine rings is 1. The van der Waals surface area contributed by atoms with E-state index in [2.05, 4.69) is 36.2 Å². The zero-order valence-corrected chi connectivity index (χ0v) is 17.1. The van der Waals surface area contributed by atoms with Crippen molar-refractivity contribution in [3.05, 3.63) is 59.7 Å². The largest absolute Gasteiger partial charge is 0.416 e. The van der Waals surface area contributed by atoms with Crippen LogP contribution in [0.4, 0.5) is 13.2 Å². The van der Waals surface area contributed by atoms with Crippen LogP contribution in [-0.2, 0) is 6.18 Å². The lowest BCUT2D eigenvalue weighted by Gasteiger charge is -2.36. The molecule has 1 aliphatic rings. The molecular formula is C22H28ClF3N2. The fourth-order valence-electron chi connectivity index (χ4n) is 3.69. The summed E-state index contributed by atoms with van der Waals surface area (Å²) < 4.78 is 38.2. The number of rotatable bonds is 5. The summed E-state index contributed by atoms with van der Waals surface area (Å²) in [6.45, 7) is 8.59. The van der Waals surface area contributed by atoms with E-state index in [1.54, 1.807) is 12.1 Å². The van der Waals surface area contributed by atoms with Gasteiger partial charge in [0.15, 0.2) is 0 Å². The molecule has 28 heavy (non-hydrogen) atoms. The molecule has 1 N–H and O–H groups in total. The van der Waals surface area contributed by atoms with Crippen LogP contribution in [0.15, 0.2) is 48.5 Å². The van der Waals surface area contributed by atoms with Gasteiger partial charge in [0.1, 0.15) is 0 Å². The minimum atomic E-state index is -4.30. The quantitative estimate of drug-likeness (QED) is 0.669. The summed E-state index contributed by atoms with van der Waals surface area (Å²) in [5.74, 6) is 0.597. The van der Waals surface area contributed by atoms with Crippen LogP contribution in [0, 0.1) is 5.92 Å². The molecule has 3 rings (SSSR count). The van der Waals surface area contributed by atoms with Crippen molar-refractivity contribution < 1.29 is 13.2 Å². The number of alkyl halides is 3. The normalized spacial score (nSPS) is 16.6. The first-order valence-corrected chi connectivity index (χ1v) is 9.57. The van der Waals surface area contributed by atoms with Gasteiger partial charge in [-0.1, -0.05) is 50.2 Å². The Labute approximate surface area is 171 Å². The Morgan fingerprint density at radius 2 is 1.39 bits per heavy atom. The first-order chi connectivity index (χ1) is 12.8. The maximum atomic E-state index is 12.7. The number of benzene rings is 2. The van der Waals surface area contributed by atoms with Crippen molar-refractivity contribution in [3.63, 3.8) is 0 Å². The van der Waals surface area contributed by atoms with Crippen LogP contribution in [-0.4, -0.2) is 31.1 Å². The lowest BCUT2D eigenvalue weighted by Crippen LogP contribution is -2.45. The molecule has 0 unspecified atom stereocenters. The maximum absolute atomic E-state index is 12.7. The highest BCUT2D eigenvalue weighted by atomic mass is 35.5. The fraction of sp³-hybridized carbons (Fsp3) is 0.455. The summed E-state index contributed by atoms with van der Waals surface area (Å²) in [5, 5.41) is 3.40. The van der Waals surface area contributed by atoms with Gasteiger partial charge in [0.25, 0.3) is 0 Å². The summed E-state index contributed by atoms with van der Waals surface area (Å²) >= 11 is 0. The smallest absolute Gasteiger partial charge is 0.314 e. The molecule has 2 aromatic carbocycles. The predicted octanol–water partition coefficient (Wildman–Crippen LogP) is 5.79. The molecule has 0 aromatic heterocycles. The van der Waals surface area contributed by atoms with Crippen molar-refractivity contribution in [1.82, 2.24) is 10.2 Å². The topological polar surface area (TPSA) is 15.3 Å². The van der Waals surface area contributed by atoms with Crippen molar-refractivity contribution in [3.8, 4) is 11.1 Å². The van der Waals surface area contributed by atoms with Crippen molar-refractivity contribution >= 4 is 12.4 Å². The van der Waals surface area contributed by atoms with Gasteiger partial charge in [-0.15, -0.1) is 12.4 Å². The van der Waals surface area contributed by atoms with Crippen LogP contribution in [0.5, 0.6) is 0 Å². The summed E-state index contributed by atoms with van der Waals surface area (Å²) in [4.78, 5) is 2.53. The van der Waals surface area contributed by atoms with Crippen molar-refractivity contribution in [2.24, 2.45) is 5.92 Å². The minimum absolute atomic E-state index is 0. The second-order valence-electron chi connectivity index (χ2n) is 7.63. The molecule has 0 spiro atoms. The minimum Gasteiger partial charge on any atom is -0.314 e. The third-order valence-corrected chi connectivity index (χ3v) is 5.13. The molecule has 154 valence electrons. The summed E-state index contributed by atoms with van der Waals surface area (Å²) in [7, 11) is 0. The number of hydrogen-bond acceptors (Lipinski definition) is 2. The molecule has 2 nitrogen and oxygen atoms in total. The molecule has 6 heteroatoms. The van der Waals surface area contributed by atoms with E-state index in [0.29, 0.717) is 12.0 Å². The molecule has 0 bridgehead atoms. The summed E-state index contributed by atoms with van der Waals surface area (Å²) in [6, 6.07) is 14.1. The summed E-state index contributed by atoms with van der Waals surface area (Å²) in [6.07, 6.45) is -3.20. The lowest BCUT2D eigenvalue weighted by molar-refractivity contribution is -0.137. The van der Waals surface area contributed by atoms with Crippen molar-refractivity contribution in [2.75, 3.05) is 26.2 Å². The molecule has 1 aliphatic heterocycles. The van der Waals surface area contributed by atoms with Crippen LogP contribution in [0.1, 0.15) is 37.4 Å². The van der Waals surface area contributed by atoms with Gasteiger partial charge in [0, 0.05) is 32.2 Å². The Morgan fingerprint density at radius 1 is 0.893 bits per heavy atom. The van der Waals surface area contributed by atoms with E-state index in [4.69, 9.17) is 0 Å². The highest BCUT2D eigenvalue weighted by Gasteiger charge is 2.30. The fourth-order valence-corrected chi connectivity index (χ4v) is 3.69. The molecule has 1 saturated heterocycles. The Bertz CT molecular complexity index is 721. The van der Waals surface area contributed by atoms with Crippen LogP contribution < -0.4 is 5.32 Å². The Morgan fingerprint density at radius 3 is 1.86 bits per heavy atom. The third kappa shape index (κ3) is 5.72. The molecule has 1 atom stereocenters. The van der Waals surface area contributed by atoms with Crippen molar-refractivity contribution in [2.45, 2.75) is 32.5 Å². The number of nitrogens with one attached hydrogen (secondary N) is 1. The second kappa shape index (κ2) is 9.77. The van der Waals surface area contributed by atoms with Crippen LogP contribution in [0.3, 0.4) is 0 Å². The van der Waals surface area contributed by atoms with Gasteiger partial charge in [-0.2, -0.15) is 13.2 Å². The van der Waals surface area contributed by atoms with E-state index in [9.17, 15) is 13.2 Å². The first kappa shape index (κ1) is 22.7. The maximum Gasteiger partial charge on any atom is 0.416 e. The van der Waals surface area contributed by atoms with Crippen LogP contribution in [0.25, 0.3) is 11.1 Å². The average Bonchev–Trinajstić information content (AvgIpc) is 2.66. The molecule has 0 amide bonds. The Balaban J connectivity index is 0.00000280. The predicted molar refractivity (Wildman–Crippen MR) is 111 cm³/mol. The highest BCUT2D eigenvalue weighted by Crippen LogP contribution is 2.32. The van der Waals surface area contributed by atoms with E-state index >= 15 is 0 Å². The number of hydrogen-bond donors (Lipinski definition) is 1. The summed E-state index contributed by atoms with van der Waals surface area (Å²) in [5.41, 5.74) is 2.41. The van der Waals surface area contributed by atoms with Gasteiger partial charge in [-0.25, -0.2) is 0 Å². The SMILES string of the molecule is CC(C)C[C@H](c1ccc(-c2ccc(C(F)(F)F)cc2)cc1)N1CCNCC1.Cl. The van der Waals surface area contributed by atoms with Crippen LogP contribution >= 0.6 is 12.4 Å². The second-order valence-corrected chi connectivity index (χ2v) is 7.63. The van der Waals surface area contributed by atoms with Gasteiger partial charge in [0.05, 0.1) is 5.56 Å².